The van der Waals surface area contributed by atoms with Gasteiger partial charge in [0.2, 0.25) is 0 Å². The van der Waals surface area contributed by atoms with E-state index in [2.05, 4.69) is 6.58 Å². The summed E-state index contributed by atoms with van der Waals surface area (Å²) in [7, 11) is 0. The Morgan fingerprint density at radius 3 is 2.80 bits per heavy atom. The maximum absolute atomic E-state index is 13.8. The zero-order chi connectivity index (χ0) is 14.8. The Balaban J connectivity index is 2.41. The molecule has 1 unspecified atom stereocenters. The van der Waals surface area contributed by atoms with E-state index in [-0.39, 0.29) is 5.56 Å². The third-order valence-corrected chi connectivity index (χ3v) is 3.27. The molecule has 1 aliphatic rings. The molecule has 20 heavy (non-hydrogen) atoms. The van der Waals surface area contributed by atoms with Crippen molar-refractivity contribution in [1.82, 2.24) is 0 Å². The van der Waals surface area contributed by atoms with Crippen molar-refractivity contribution in [2.24, 2.45) is 0 Å². The SMILES string of the molecule is C=C(C)C(=O)OC1(c2ccc(C#N)c(F)c2)C=CCC1. The molecule has 1 aromatic rings. The Bertz CT molecular complexity index is 642. The first kappa shape index (κ1) is 14.0. The zero-order valence-electron chi connectivity index (χ0n) is 11.1. The lowest BCUT2D eigenvalue weighted by Gasteiger charge is -2.28. The summed E-state index contributed by atoms with van der Waals surface area (Å²) < 4.78 is 19.3. The first-order valence-electron chi connectivity index (χ1n) is 6.25. The topological polar surface area (TPSA) is 50.1 Å². The molecule has 3 nitrogen and oxygen atoms in total. The van der Waals surface area contributed by atoms with Crippen LogP contribution in [0.2, 0.25) is 0 Å². The van der Waals surface area contributed by atoms with Crippen LogP contribution in [0.1, 0.15) is 30.9 Å². The summed E-state index contributed by atoms with van der Waals surface area (Å²) in [6, 6.07) is 6.03. The van der Waals surface area contributed by atoms with Gasteiger partial charge in [-0.25, -0.2) is 9.18 Å². The van der Waals surface area contributed by atoms with Crippen molar-refractivity contribution in [3.8, 4) is 6.07 Å². The van der Waals surface area contributed by atoms with Crippen molar-refractivity contribution in [2.75, 3.05) is 0 Å². The second kappa shape index (κ2) is 5.30. The van der Waals surface area contributed by atoms with Crippen molar-refractivity contribution in [3.05, 3.63) is 59.4 Å². The van der Waals surface area contributed by atoms with Gasteiger partial charge in [0.1, 0.15) is 11.9 Å². The van der Waals surface area contributed by atoms with Crippen molar-refractivity contribution in [1.29, 1.82) is 5.26 Å². The molecule has 0 aliphatic heterocycles. The first-order chi connectivity index (χ1) is 9.48. The number of halogens is 1. The van der Waals surface area contributed by atoms with Crippen LogP contribution in [0, 0.1) is 17.1 Å². The molecule has 0 fully saturated rings. The molecule has 0 amide bonds. The first-order valence-corrected chi connectivity index (χ1v) is 6.25. The smallest absolute Gasteiger partial charge is 0.334 e. The highest BCUT2D eigenvalue weighted by Crippen LogP contribution is 2.38. The maximum atomic E-state index is 13.8. The number of esters is 1. The zero-order valence-corrected chi connectivity index (χ0v) is 11.1. The van der Waals surface area contributed by atoms with Crippen LogP contribution in [0.3, 0.4) is 0 Å². The summed E-state index contributed by atoms with van der Waals surface area (Å²) in [6.07, 6.45) is 4.94. The highest BCUT2D eigenvalue weighted by Gasteiger charge is 2.36. The largest absolute Gasteiger partial charge is 0.447 e. The minimum Gasteiger partial charge on any atom is -0.447 e. The number of carbonyl (C=O) groups excluding carboxylic acids is 1. The molecular weight excluding hydrogens is 257 g/mol. The number of hydrogen-bond donors (Lipinski definition) is 0. The number of nitriles is 1. The average Bonchev–Trinajstić information content (AvgIpc) is 2.88. The number of rotatable bonds is 3. The van der Waals surface area contributed by atoms with Gasteiger partial charge in [-0.05, 0) is 38.0 Å². The van der Waals surface area contributed by atoms with Crippen LogP contribution in [-0.4, -0.2) is 5.97 Å². The third-order valence-electron chi connectivity index (χ3n) is 3.27. The van der Waals surface area contributed by atoms with Gasteiger partial charge in [-0.15, -0.1) is 0 Å². The molecule has 2 rings (SSSR count). The van der Waals surface area contributed by atoms with Crippen molar-refractivity contribution in [2.45, 2.75) is 25.4 Å². The number of benzene rings is 1. The number of hydrogen-bond acceptors (Lipinski definition) is 3. The molecule has 0 bridgehead atoms. The van der Waals surface area contributed by atoms with Gasteiger partial charge in [0.05, 0.1) is 5.56 Å². The molecule has 1 atom stereocenters. The number of carbonyl (C=O) groups is 1. The molecule has 0 saturated heterocycles. The quantitative estimate of drug-likeness (QED) is 0.481. The van der Waals surface area contributed by atoms with Gasteiger partial charge < -0.3 is 4.74 Å². The predicted octanol–water partition coefficient (Wildman–Crippen LogP) is 3.36. The molecule has 0 aromatic heterocycles. The summed E-state index contributed by atoms with van der Waals surface area (Å²) in [5, 5.41) is 8.76. The number of ether oxygens (including phenoxy) is 1. The fraction of sp³-hybridized carbons (Fsp3) is 0.250. The number of allylic oxidation sites excluding steroid dienone is 1. The lowest BCUT2D eigenvalue weighted by Crippen LogP contribution is -2.29. The van der Waals surface area contributed by atoms with Crippen LogP contribution < -0.4 is 0 Å². The standard InChI is InChI=1S/C16H14FNO2/c1-11(2)15(19)20-16(7-3-4-8-16)13-6-5-12(10-18)14(17)9-13/h3,5-7,9H,1,4,8H2,2H3. The van der Waals surface area contributed by atoms with E-state index in [0.717, 1.165) is 6.42 Å². The summed E-state index contributed by atoms with van der Waals surface area (Å²) in [4.78, 5) is 11.8. The Kier molecular flexibility index (Phi) is 3.71. The van der Waals surface area contributed by atoms with Crippen LogP contribution >= 0.6 is 0 Å². The monoisotopic (exact) mass is 271 g/mol. The third kappa shape index (κ3) is 2.48. The number of nitrogens with zero attached hydrogens (tertiary/aromatic N) is 1. The van der Waals surface area contributed by atoms with Gasteiger partial charge in [0.25, 0.3) is 0 Å². The van der Waals surface area contributed by atoms with Crippen LogP contribution in [-0.2, 0) is 15.1 Å². The van der Waals surface area contributed by atoms with Gasteiger partial charge in [-0.1, -0.05) is 18.7 Å². The van der Waals surface area contributed by atoms with Crippen molar-refractivity contribution >= 4 is 5.97 Å². The van der Waals surface area contributed by atoms with E-state index >= 15 is 0 Å². The maximum Gasteiger partial charge on any atom is 0.334 e. The van der Waals surface area contributed by atoms with Crippen molar-refractivity contribution < 1.29 is 13.9 Å². The van der Waals surface area contributed by atoms with E-state index in [0.29, 0.717) is 17.6 Å². The van der Waals surface area contributed by atoms with Crippen LogP contribution in [0.5, 0.6) is 0 Å². The molecule has 102 valence electrons. The Morgan fingerprint density at radius 2 is 2.30 bits per heavy atom. The summed E-state index contributed by atoms with van der Waals surface area (Å²) >= 11 is 0. The molecular formula is C16H14FNO2. The van der Waals surface area contributed by atoms with E-state index in [4.69, 9.17) is 10.00 Å². The van der Waals surface area contributed by atoms with Gasteiger partial charge >= 0.3 is 5.97 Å². The van der Waals surface area contributed by atoms with Crippen LogP contribution in [0.15, 0.2) is 42.5 Å². The molecule has 0 radical (unpaired) electrons. The van der Waals surface area contributed by atoms with Gasteiger partial charge in [-0.2, -0.15) is 5.26 Å². The summed E-state index contributed by atoms with van der Waals surface area (Å²) in [5.41, 5.74) is -0.182. The molecule has 0 spiro atoms. The fourth-order valence-electron chi connectivity index (χ4n) is 2.16. The molecule has 0 saturated carbocycles. The lowest BCUT2D eigenvalue weighted by atomic mass is 9.92. The van der Waals surface area contributed by atoms with E-state index in [1.54, 1.807) is 25.1 Å². The highest BCUT2D eigenvalue weighted by atomic mass is 19.1. The van der Waals surface area contributed by atoms with Gasteiger partial charge in [0, 0.05) is 11.1 Å². The summed E-state index contributed by atoms with van der Waals surface area (Å²) in [5.74, 6) is -1.13. The minimum atomic E-state index is -0.967. The van der Waals surface area contributed by atoms with E-state index in [1.165, 1.54) is 12.1 Å². The van der Waals surface area contributed by atoms with Crippen LogP contribution in [0.4, 0.5) is 4.39 Å². The Hall–Kier alpha value is -2.41. The lowest BCUT2D eigenvalue weighted by molar-refractivity contribution is -0.151. The van der Waals surface area contributed by atoms with E-state index in [9.17, 15) is 9.18 Å². The predicted molar refractivity (Wildman–Crippen MR) is 72.1 cm³/mol. The molecule has 0 heterocycles. The average molecular weight is 271 g/mol. The molecule has 4 heteroatoms. The normalized spacial score (nSPS) is 20.4. The molecule has 0 N–H and O–H groups in total. The fourth-order valence-corrected chi connectivity index (χ4v) is 2.16. The molecule has 1 aliphatic carbocycles. The van der Waals surface area contributed by atoms with Crippen LogP contribution in [0.25, 0.3) is 0 Å². The van der Waals surface area contributed by atoms with Gasteiger partial charge in [-0.3, -0.25) is 0 Å². The minimum absolute atomic E-state index is 0.0305. The summed E-state index contributed by atoms with van der Waals surface area (Å²) in [6.45, 7) is 5.11. The van der Waals surface area contributed by atoms with Gasteiger partial charge in [0.15, 0.2) is 5.60 Å². The van der Waals surface area contributed by atoms with E-state index in [1.807, 2.05) is 6.08 Å². The second-order valence-corrected chi connectivity index (χ2v) is 4.81. The second-order valence-electron chi connectivity index (χ2n) is 4.81. The highest BCUT2D eigenvalue weighted by molar-refractivity contribution is 5.87. The Labute approximate surface area is 117 Å². The van der Waals surface area contributed by atoms with Crippen molar-refractivity contribution in [3.63, 3.8) is 0 Å². The molecule has 1 aromatic carbocycles. The van der Waals surface area contributed by atoms with E-state index < -0.39 is 17.4 Å². The Morgan fingerprint density at radius 1 is 1.55 bits per heavy atom.